The zero-order chi connectivity index (χ0) is 10.4. The van der Waals surface area contributed by atoms with Gasteiger partial charge >= 0.3 is 0 Å². The molecule has 1 aliphatic heterocycles. The standard InChI is InChI=1S/C12H26N2/c1-4-5-6-7-14-10-11(2)8-13-9-12(14)3/h11-13H,4-10H2,1-3H3. The van der Waals surface area contributed by atoms with E-state index < -0.39 is 0 Å². The molecule has 1 aliphatic rings. The Kier molecular flexibility index (Phi) is 5.49. The molecule has 1 fully saturated rings. The lowest BCUT2D eigenvalue weighted by Gasteiger charge is -2.27. The molecule has 0 aromatic carbocycles. The number of hydrogen-bond donors (Lipinski definition) is 1. The largest absolute Gasteiger partial charge is 0.315 e. The molecule has 84 valence electrons. The molecule has 1 heterocycles. The SMILES string of the molecule is CCCCCN1CC(C)CNCC1C. The van der Waals surface area contributed by atoms with E-state index in [2.05, 4.69) is 31.0 Å². The molecule has 0 aromatic heterocycles. The summed E-state index contributed by atoms with van der Waals surface area (Å²) in [5, 5.41) is 3.53. The molecule has 0 aliphatic carbocycles. The van der Waals surface area contributed by atoms with Gasteiger partial charge in [-0.25, -0.2) is 0 Å². The average molecular weight is 198 g/mol. The molecule has 1 rings (SSSR count). The summed E-state index contributed by atoms with van der Waals surface area (Å²) in [6.07, 6.45) is 4.08. The Morgan fingerprint density at radius 3 is 2.71 bits per heavy atom. The first kappa shape index (κ1) is 12.0. The van der Waals surface area contributed by atoms with Crippen LogP contribution in [-0.4, -0.2) is 37.1 Å². The number of nitrogens with one attached hydrogen (secondary N) is 1. The van der Waals surface area contributed by atoms with Crippen LogP contribution in [0, 0.1) is 5.92 Å². The maximum absolute atomic E-state index is 3.53. The molecule has 0 aromatic rings. The summed E-state index contributed by atoms with van der Waals surface area (Å²) in [5.41, 5.74) is 0. The van der Waals surface area contributed by atoms with Crippen molar-refractivity contribution < 1.29 is 0 Å². The van der Waals surface area contributed by atoms with E-state index in [0.29, 0.717) is 0 Å². The second-order valence-electron chi connectivity index (χ2n) is 4.81. The second-order valence-corrected chi connectivity index (χ2v) is 4.81. The van der Waals surface area contributed by atoms with Gasteiger partial charge in [0.25, 0.3) is 0 Å². The highest BCUT2D eigenvalue weighted by Crippen LogP contribution is 2.10. The van der Waals surface area contributed by atoms with E-state index in [9.17, 15) is 0 Å². The third kappa shape index (κ3) is 3.97. The van der Waals surface area contributed by atoms with E-state index in [1.165, 1.54) is 38.9 Å². The van der Waals surface area contributed by atoms with Crippen molar-refractivity contribution in [2.75, 3.05) is 26.2 Å². The molecule has 14 heavy (non-hydrogen) atoms. The summed E-state index contributed by atoms with van der Waals surface area (Å²) in [6, 6.07) is 0.719. The molecule has 2 atom stereocenters. The molecule has 2 heteroatoms. The van der Waals surface area contributed by atoms with Gasteiger partial charge in [-0.15, -0.1) is 0 Å². The first-order valence-electron chi connectivity index (χ1n) is 6.18. The highest BCUT2D eigenvalue weighted by atomic mass is 15.2. The predicted octanol–water partition coefficient (Wildman–Crippen LogP) is 2.11. The van der Waals surface area contributed by atoms with Crippen LogP contribution in [0.25, 0.3) is 0 Å². The van der Waals surface area contributed by atoms with Crippen molar-refractivity contribution >= 4 is 0 Å². The Hall–Kier alpha value is -0.0800. The summed E-state index contributed by atoms with van der Waals surface area (Å²) in [4.78, 5) is 2.65. The monoisotopic (exact) mass is 198 g/mol. The summed E-state index contributed by atoms with van der Waals surface area (Å²) in [7, 11) is 0. The minimum atomic E-state index is 0.719. The van der Waals surface area contributed by atoms with Crippen LogP contribution < -0.4 is 5.32 Å². The Morgan fingerprint density at radius 2 is 2.00 bits per heavy atom. The van der Waals surface area contributed by atoms with Crippen molar-refractivity contribution in [2.45, 2.75) is 46.1 Å². The summed E-state index contributed by atoms with van der Waals surface area (Å²) in [5.74, 6) is 0.807. The lowest BCUT2D eigenvalue weighted by molar-refractivity contribution is 0.200. The van der Waals surface area contributed by atoms with Crippen LogP contribution in [0.1, 0.15) is 40.0 Å². The van der Waals surface area contributed by atoms with Crippen LogP contribution in [-0.2, 0) is 0 Å². The number of unbranched alkanes of at least 4 members (excludes halogenated alkanes) is 2. The second kappa shape index (κ2) is 6.41. The fraction of sp³-hybridized carbons (Fsp3) is 1.00. The number of nitrogens with zero attached hydrogens (tertiary/aromatic N) is 1. The smallest absolute Gasteiger partial charge is 0.0192 e. The van der Waals surface area contributed by atoms with Crippen LogP contribution in [0.2, 0.25) is 0 Å². The van der Waals surface area contributed by atoms with Crippen LogP contribution in [0.3, 0.4) is 0 Å². The molecular weight excluding hydrogens is 172 g/mol. The van der Waals surface area contributed by atoms with Crippen molar-refractivity contribution in [1.29, 1.82) is 0 Å². The topological polar surface area (TPSA) is 15.3 Å². The molecule has 1 saturated heterocycles. The minimum Gasteiger partial charge on any atom is -0.315 e. The van der Waals surface area contributed by atoms with Gasteiger partial charge in [0.15, 0.2) is 0 Å². The summed E-state index contributed by atoms with van der Waals surface area (Å²) in [6.45, 7) is 11.9. The molecule has 0 spiro atoms. The van der Waals surface area contributed by atoms with Gasteiger partial charge in [0.2, 0.25) is 0 Å². The van der Waals surface area contributed by atoms with Crippen LogP contribution >= 0.6 is 0 Å². The van der Waals surface area contributed by atoms with Gasteiger partial charge in [-0.2, -0.15) is 0 Å². The zero-order valence-electron chi connectivity index (χ0n) is 10.1. The van der Waals surface area contributed by atoms with Crippen molar-refractivity contribution in [3.8, 4) is 0 Å². The van der Waals surface area contributed by atoms with Gasteiger partial charge in [-0.1, -0.05) is 26.7 Å². The van der Waals surface area contributed by atoms with Gasteiger partial charge in [0.05, 0.1) is 0 Å². The highest BCUT2D eigenvalue weighted by molar-refractivity contribution is 4.77. The van der Waals surface area contributed by atoms with E-state index in [4.69, 9.17) is 0 Å². The van der Waals surface area contributed by atoms with Crippen molar-refractivity contribution in [3.05, 3.63) is 0 Å². The highest BCUT2D eigenvalue weighted by Gasteiger charge is 2.19. The Labute approximate surface area is 89.1 Å². The zero-order valence-corrected chi connectivity index (χ0v) is 10.1. The van der Waals surface area contributed by atoms with Gasteiger partial charge < -0.3 is 5.32 Å². The van der Waals surface area contributed by atoms with Crippen molar-refractivity contribution in [3.63, 3.8) is 0 Å². The lowest BCUT2D eigenvalue weighted by Crippen LogP contribution is -2.38. The van der Waals surface area contributed by atoms with E-state index >= 15 is 0 Å². The summed E-state index contributed by atoms with van der Waals surface area (Å²) < 4.78 is 0. The quantitative estimate of drug-likeness (QED) is 0.696. The maximum atomic E-state index is 3.53. The normalized spacial score (nSPS) is 30.2. The van der Waals surface area contributed by atoms with E-state index in [1.807, 2.05) is 0 Å². The van der Waals surface area contributed by atoms with Crippen LogP contribution in [0.15, 0.2) is 0 Å². The maximum Gasteiger partial charge on any atom is 0.0192 e. The van der Waals surface area contributed by atoms with Crippen LogP contribution in [0.4, 0.5) is 0 Å². The molecule has 0 radical (unpaired) electrons. The molecule has 2 unspecified atom stereocenters. The third-order valence-corrected chi connectivity index (χ3v) is 3.15. The molecular formula is C12H26N2. The number of rotatable bonds is 4. The Balaban J connectivity index is 2.30. The number of hydrogen-bond acceptors (Lipinski definition) is 2. The van der Waals surface area contributed by atoms with E-state index in [0.717, 1.165) is 18.5 Å². The van der Waals surface area contributed by atoms with E-state index in [-0.39, 0.29) is 0 Å². The van der Waals surface area contributed by atoms with E-state index in [1.54, 1.807) is 0 Å². The first-order valence-corrected chi connectivity index (χ1v) is 6.18. The van der Waals surface area contributed by atoms with Crippen molar-refractivity contribution in [1.82, 2.24) is 10.2 Å². The molecule has 0 amide bonds. The first-order chi connectivity index (χ1) is 6.74. The van der Waals surface area contributed by atoms with Gasteiger partial charge in [-0.05, 0) is 32.4 Å². The lowest BCUT2D eigenvalue weighted by atomic mass is 10.1. The van der Waals surface area contributed by atoms with Gasteiger partial charge in [0.1, 0.15) is 0 Å². The molecule has 2 nitrogen and oxygen atoms in total. The Bertz CT molecular complexity index is 147. The molecule has 1 N–H and O–H groups in total. The molecule has 0 bridgehead atoms. The Morgan fingerprint density at radius 1 is 1.21 bits per heavy atom. The minimum absolute atomic E-state index is 0.719. The molecule has 0 saturated carbocycles. The van der Waals surface area contributed by atoms with Gasteiger partial charge in [-0.3, -0.25) is 4.90 Å². The van der Waals surface area contributed by atoms with Gasteiger partial charge in [0, 0.05) is 19.1 Å². The summed E-state index contributed by atoms with van der Waals surface area (Å²) >= 11 is 0. The third-order valence-electron chi connectivity index (χ3n) is 3.15. The average Bonchev–Trinajstić information content (AvgIpc) is 2.30. The fourth-order valence-electron chi connectivity index (χ4n) is 2.19. The van der Waals surface area contributed by atoms with Crippen LogP contribution in [0.5, 0.6) is 0 Å². The van der Waals surface area contributed by atoms with Crippen molar-refractivity contribution in [2.24, 2.45) is 5.92 Å². The fourth-order valence-corrected chi connectivity index (χ4v) is 2.19. The predicted molar refractivity (Wildman–Crippen MR) is 62.6 cm³/mol.